The molecule has 0 unspecified atom stereocenters. The van der Waals surface area contributed by atoms with Crippen molar-refractivity contribution in [3.63, 3.8) is 0 Å². The van der Waals surface area contributed by atoms with Crippen LogP contribution in [0.25, 0.3) is 0 Å². The molecular weight excluding hydrogens is 371 g/mol. The third kappa shape index (κ3) is 4.28. The minimum Gasteiger partial charge on any atom is -0.494 e. The number of halogens is 1. The molecular formula is C19H21FN2O4S. The number of hydrogen-bond acceptors (Lipinski definition) is 4. The van der Waals surface area contributed by atoms with Crippen molar-refractivity contribution in [2.75, 3.05) is 33.3 Å². The number of ether oxygens (including phenoxy) is 1. The molecule has 0 atom stereocenters. The van der Waals surface area contributed by atoms with Crippen molar-refractivity contribution >= 4 is 15.9 Å². The summed E-state index contributed by atoms with van der Waals surface area (Å²) in [5.74, 6) is -0.538. The molecule has 144 valence electrons. The van der Waals surface area contributed by atoms with Gasteiger partial charge < -0.3 is 9.64 Å². The molecule has 1 fully saturated rings. The first kappa shape index (κ1) is 19.3. The van der Waals surface area contributed by atoms with Crippen LogP contribution in [0, 0.1) is 5.82 Å². The Hall–Kier alpha value is -2.45. The summed E-state index contributed by atoms with van der Waals surface area (Å²) in [6.07, 6.45) is 0.0619. The summed E-state index contributed by atoms with van der Waals surface area (Å²) in [5, 5.41) is 0. The van der Waals surface area contributed by atoms with Crippen LogP contribution in [0.15, 0.2) is 53.4 Å². The quantitative estimate of drug-likeness (QED) is 0.780. The minimum atomic E-state index is -3.55. The molecule has 6 nitrogen and oxygen atoms in total. The zero-order valence-electron chi connectivity index (χ0n) is 15.0. The molecule has 3 rings (SSSR count). The fourth-order valence-corrected chi connectivity index (χ4v) is 4.47. The number of benzene rings is 2. The van der Waals surface area contributed by atoms with Gasteiger partial charge in [-0.25, -0.2) is 12.8 Å². The molecule has 2 aromatic carbocycles. The first-order valence-corrected chi connectivity index (χ1v) is 10.0. The van der Waals surface area contributed by atoms with E-state index in [1.54, 1.807) is 41.3 Å². The maximum absolute atomic E-state index is 13.8. The number of piperazine rings is 1. The number of carbonyl (C=O) groups is 1. The van der Waals surface area contributed by atoms with Gasteiger partial charge >= 0.3 is 0 Å². The van der Waals surface area contributed by atoms with Crippen LogP contribution in [-0.4, -0.2) is 56.8 Å². The topological polar surface area (TPSA) is 66.9 Å². The van der Waals surface area contributed by atoms with Crippen LogP contribution in [0.1, 0.15) is 5.56 Å². The lowest BCUT2D eigenvalue weighted by Gasteiger charge is -2.34. The second-order valence-corrected chi connectivity index (χ2v) is 8.18. The van der Waals surface area contributed by atoms with Crippen LogP contribution in [0.4, 0.5) is 4.39 Å². The molecule has 0 bridgehead atoms. The van der Waals surface area contributed by atoms with Crippen molar-refractivity contribution in [2.45, 2.75) is 11.3 Å². The lowest BCUT2D eigenvalue weighted by atomic mass is 10.1. The molecule has 0 N–H and O–H groups in total. The predicted molar refractivity (Wildman–Crippen MR) is 98.4 cm³/mol. The van der Waals surface area contributed by atoms with Crippen molar-refractivity contribution in [2.24, 2.45) is 0 Å². The van der Waals surface area contributed by atoms with Gasteiger partial charge in [-0.1, -0.05) is 24.3 Å². The van der Waals surface area contributed by atoms with Crippen LogP contribution < -0.4 is 4.74 Å². The molecule has 1 aliphatic heterocycles. The summed E-state index contributed by atoms with van der Waals surface area (Å²) in [6.45, 7) is 1.09. The average molecular weight is 392 g/mol. The Balaban J connectivity index is 1.60. The van der Waals surface area contributed by atoms with E-state index in [0.29, 0.717) is 18.7 Å². The van der Waals surface area contributed by atoms with Gasteiger partial charge in [-0.2, -0.15) is 4.31 Å². The normalized spacial score (nSPS) is 15.6. The van der Waals surface area contributed by atoms with E-state index >= 15 is 0 Å². The van der Waals surface area contributed by atoms with E-state index in [1.807, 2.05) is 0 Å². The van der Waals surface area contributed by atoms with Gasteiger partial charge in [-0.15, -0.1) is 0 Å². The number of hydrogen-bond donors (Lipinski definition) is 0. The molecule has 2 aromatic rings. The number of nitrogens with zero attached hydrogens (tertiary/aromatic N) is 2. The van der Waals surface area contributed by atoms with Gasteiger partial charge in [-0.3, -0.25) is 4.79 Å². The molecule has 0 spiro atoms. The Bertz CT molecular complexity index is 911. The highest BCUT2D eigenvalue weighted by molar-refractivity contribution is 7.89. The number of carbonyl (C=O) groups excluding carboxylic acids is 1. The van der Waals surface area contributed by atoms with Crippen LogP contribution in [0.2, 0.25) is 0 Å². The smallest absolute Gasteiger partial charge is 0.243 e. The molecule has 0 radical (unpaired) electrons. The molecule has 0 aliphatic carbocycles. The van der Waals surface area contributed by atoms with Gasteiger partial charge in [0, 0.05) is 26.2 Å². The lowest BCUT2D eigenvalue weighted by Crippen LogP contribution is -2.50. The number of sulfonamides is 1. The Morgan fingerprint density at radius 2 is 1.74 bits per heavy atom. The Labute approximate surface area is 158 Å². The number of amides is 1. The van der Waals surface area contributed by atoms with Gasteiger partial charge in [0.15, 0.2) is 11.6 Å². The fourth-order valence-electron chi connectivity index (χ4n) is 3.03. The first-order valence-electron chi connectivity index (χ1n) is 8.57. The van der Waals surface area contributed by atoms with Crippen LogP contribution in [-0.2, 0) is 21.2 Å². The van der Waals surface area contributed by atoms with E-state index < -0.39 is 15.8 Å². The van der Waals surface area contributed by atoms with Crippen LogP contribution in [0.5, 0.6) is 5.75 Å². The van der Waals surface area contributed by atoms with E-state index in [0.717, 1.165) is 0 Å². The molecule has 1 saturated heterocycles. The van der Waals surface area contributed by atoms with Crippen molar-refractivity contribution in [1.29, 1.82) is 0 Å². The summed E-state index contributed by atoms with van der Waals surface area (Å²) >= 11 is 0. The van der Waals surface area contributed by atoms with Crippen molar-refractivity contribution in [1.82, 2.24) is 9.21 Å². The third-order valence-electron chi connectivity index (χ3n) is 4.54. The maximum Gasteiger partial charge on any atom is 0.243 e. The first-order chi connectivity index (χ1) is 12.9. The fraction of sp³-hybridized carbons (Fsp3) is 0.316. The second kappa shape index (κ2) is 8.06. The highest BCUT2D eigenvalue weighted by atomic mass is 32.2. The summed E-state index contributed by atoms with van der Waals surface area (Å²) in [4.78, 5) is 14.3. The molecule has 27 heavy (non-hydrogen) atoms. The van der Waals surface area contributed by atoms with Gasteiger partial charge in [0.2, 0.25) is 15.9 Å². The highest BCUT2D eigenvalue weighted by Gasteiger charge is 2.29. The number of methoxy groups -OCH3 is 1. The molecule has 1 amide bonds. The predicted octanol–water partition coefficient (Wildman–Crippen LogP) is 1.91. The zero-order valence-corrected chi connectivity index (χ0v) is 15.8. The van der Waals surface area contributed by atoms with Crippen molar-refractivity contribution in [3.8, 4) is 5.75 Å². The Kier molecular flexibility index (Phi) is 5.76. The highest BCUT2D eigenvalue weighted by Crippen LogP contribution is 2.20. The monoisotopic (exact) mass is 392 g/mol. The molecule has 1 heterocycles. The maximum atomic E-state index is 13.8. The van der Waals surface area contributed by atoms with Crippen molar-refractivity contribution in [3.05, 3.63) is 59.9 Å². The number of rotatable bonds is 5. The standard InChI is InChI=1S/C19H21FN2O4S/c1-26-18-8-7-15(13-17(18)20)14-19(23)21-9-11-22(12-10-21)27(24,25)16-5-3-2-4-6-16/h2-8,13H,9-12,14H2,1H3. The van der Waals surface area contributed by atoms with Gasteiger partial charge in [0.25, 0.3) is 0 Å². The molecule has 1 aliphatic rings. The van der Waals surface area contributed by atoms with Gasteiger partial charge in [0.05, 0.1) is 18.4 Å². The molecule has 8 heteroatoms. The SMILES string of the molecule is COc1ccc(CC(=O)N2CCN(S(=O)(=O)c3ccccc3)CC2)cc1F. The lowest BCUT2D eigenvalue weighted by molar-refractivity contribution is -0.131. The molecule has 0 aromatic heterocycles. The third-order valence-corrected chi connectivity index (χ3v) is 6.46. The van der Waals surface area contributed by atoms with E-state index in [-0.39, 0.29) is 36.1 Å². The van der Waals surface area contributed by atoms with E-state index in [4.69, 9.17) is 4.74 Å². The summed E-state index contributed by atoms with van der Waals surface area (Å²) < 4.78 is 45.3. The summed E-state index contributed by atoms with van der Waals surface area (Å²) in [5.41, 5.74) is 0.553. The van der Waals surface area contributed by atoms with Crippen LogP contribution >= 0.6 is 0 Å². The average Bonchev–Trinajstić information content (AvgIpc) is 2.69. The van der Waals surface area contributed by atoms with E-state index in [9.17, 15) is 17.6 Å². The zero-order chi connectivity index (χ0) is 19.4. The van der Waals surface area contributed by atoms with E-state index in [2.05, 4.69) is 0 Å². The van der Waals surface area contributed by atoms with E-state index in [1.165, 1.54) is 23.5 Å². The Morgan fingerprint density at radius 1 is 1.07 bits per heavy atom. The molecule has 0 saturated carbocycles. The van der Waals surface area contributed by atoms with Crippen LogP contribution in [0.3, 0.4) is 0 Å². The Morgan fingerprint density at radius 3 is 2.33 bits per heavy atom. The van der Waals surface area contributed by atoms with Gasteiger partial charge in [-0.05, 0) is 29.8 Å². The minimum absolute atomic E-state index is 0.0619. The van der Waals surface area contributed by atoms with Crippen molar-refractivity contribution < 1.29 is 22.3 Å². The second-order valence-electron chi connectivity index (χ2n) is 6.24. The largest absolute Gasteiger partial charge is 0.494 e. The summed E-state index contributed by atoms with van der Waals surface area (Å²) in [7, 11) is -2.17. The summed E-state index contributed by atoms with van der Waals surface area (Å²) in [6, 6.07) is 12.7. The van der Waals surface area contributed by atoms with Gasteiger partial charge in [0.1, 0.15) is 0 Å².